The third-order valence-electron chi connectivity index (χ3n) is 5.49. The summed E-state index contributed by atoms with van der Waals surface area (Å²) in [4.78, 5) is 5.40. The zero-order valence-electron chi connectivity index (χ0n) is 16.3. The van der Waals surface area contributed by atoms with E-state index in [1.807, 2.05) is 12.1 Å². The zero-order valence-corrected chi connectivity index (χ0v) is 16.3. The minimum atomic E-state index is -0.683. The van der Waals surface area contributed by atoms with E-state index in [1.54, 1.807) is 0 Å². The number of para-hydroxylation sites is 1. The average Bonchev–Trinajstić information content (AvgIpc) is 2.80. The third-order valence-corrected chi connectivity index (χ3v) is 5.49. The minimum Gasteiger partial charge on any atom is -0.353 e. The molecule has 0 atom stereocenters. The van der Waals surface area contributed by atoms with Crippen LogP contribution >= 0.6 is 0 Å². The van der Waals surface area contributed by atoms with Crippen molar-refractivity contribution in [1.29, 1.82) is 0 Å². The lowest BCUT2D eigenvalue weighted by molar-refractivity contribution is 0.620. The van der Waals surface area contributed by atoms with Crippen LogP contribution in [0.5, 0.6) is 0 Å². The summed E-state index contributed by atoms with van der Waals surface area (Å²) in [5.41, 5.74) is 7.14. The van der Waals surface area contributed by atoms with E-state index < -0.39 is 5.66 Å². The smallest absolute Gasteiger partial charge is 0.182 e. The number of rotatable bonds is 3. The van der Waals surface area contributed by atoms with Gasteiger partial charge in [0.05, 0.1) is 5.71 Å². The number of fused-ring (bicyclic) bond motifs is 1. The summed E-state index contributed by atoms with van der Waals surface area (Å²) < 4.78 is 0. The lowest BCUT2D eigenvalue weighted by Gasteiger charge is -2.38. The van der Waals surface area contributed by atoms with Gasteiger partial charge in [0.25, 0.3) is 0 Å². The molecule has 1 heterocycles. The normalized spacial score (nSPS) is 14.4. The van der Waals surface area contributed by atoms with Gasteiger partial charge in [0.1, 0.15) is 0 Å². The summed E-state index contributed by atoms with van der Waals surface area (Å²) in [5.74, 6) is 0. The number of nitrogens with zero attached hydrogens (tertiary/aromatic N) is 1. The molecular formula is C27H22N2. The van der Waals surface area contributed by atoms with Crippen LogP contribution in [0.15, 0.2) is 114 Å². The van der Waals surface area contributed by atoms with Gasteiger partial charge in [0.15, 0.2) is 5.66 Å². The highest BCUT2D eigenvalue weighted by Crippen LogP contribution is 2.41. The van der Waals surface area contributed by atoms with Crippen LogP contribution in [0.25, 0.3) is 0 Å². The van der Waals surface area contributed by atoms with Crippen molar-refractivity contribution in [2.45, 2.75) is 12.6 Å². The van der Waals surface area contributed by atoms with Crippen LogP contribution in [0.3, 0.4) is 0 Å². The van der Waals surface area contributed by atoms with Gasteiger partial charge in [0.2, 0.25) is 0 Å². The first-order valence-electron chi connectivity index (χ1n) is 9.92. The number of hydrogen-bond donors (Lipinski definition) is 1. The second-order valence-corrected chi connectivity index (χ2v) is 7.44. The Morgan fingerprint density at radius 1 is 0.621 bits per heavy atom. The van der Waals surface area contributed by atoms with Gasteiger partial charge in [-0.25, -0.2) is 4.99 Å². The van der Waals surface area contributed by atoms with Gasteiger partial charge in [0, 0.05) is 27.9 Å². The number of aryl methyl sites for hydroxylation is 1. The van der Waals surface area contributed by atoms with Crippen LogP contribution in [0.4, 0.5) is 5.69 Å². The molecule has 4 aromatic carbocycles. The molecule has 0 spiro atoms. The lowest BCUT2D eigenvalue weighted by atomic mass is 9.87. The Morgan fingerprint density at radius 2 is 1.17 bits per heavy atom. The van der Waals surface area contributed by atoms with Crippen LogP contribution in [0.1, 0.15) is 27.8 Å². The molecule has 0 amide bonds. The van der Waals surface area contributed by atoms with E-state index in [0.717, 1.165) is 33.7 Å². The Balaban J connectivity index is 1.82. The molecule has 0 fully saturated rings. The summed E-state index contributed by atoms with van der Waals surface area (Å²) in [7, 11) is 0. The SMILES string of the molecule is Cc1ccc(C2=NC(c3ccccc3)(c3ccccc3)Nc3ccccc32)cc1. The predicted octanol–water partition coefficient (Wildman–Crippen LogP) is 6.16. The molecule has 2 nitrogen and oxygen atoms in total. The maximum Gasteiger partial charge on any atom is 0.182 e. The standard InChI is InChI=1S/C27H22N2/c1-20-16-18-21(19-17-20)26-24-14-8-9-15-25(24)28-27(29-26,22-10-4-2-5-11-22)23-12-6-3-7-13-23/h2-19,28H,1H3. The monoisotopic (exact) mass is 374 g/mol. The first kappa shape index (κ1) is 17.4. The topological polar surface area (TPSA) is 24.4 Å². The third kappa shape index (κ3) is 3.03. The molecule has 0 unspecified atom stereocenters. The fourth-order valence-electron chi connectivity index (χ4n) is 3.98. The van der Waals surface area contributed by atoms with Gasteiger partial charge in [-0.2, -0.15) is 0 Å². The fourth-order valence-corrected chi connectivity index (χ4v) is 3.98. The number of aliphatic imine (C=N–C) groups is 1. The maximum atomic E-state index is 5.40. The molecule has 4 aromatic rings. The van der Waals surface area contributed by atoms with Gasteiger partial charge in [-0.05, 0) is 13.0 Å². The Hall–Kier alpha value is -3.65. The molecule has 140 valence electrons. The van der Waals surface area contributed by atoms with Crippen molar-refractivity contribution in [2.75, 3.05) is 5.32 Å². The summed E-state index contributed by atoms with van der Waals surface area (Å²) in [6.07, 6.45) is 0. The van der Waals surface area contributed by atoms with E-state index in [9.17, 15) is 0 Å². The average molecular weight is 374 g/mol. The van der Waals surface area contributed by atoms with Crippen LogP contribution < -0.4 is 5.32 Å². The molecule has 5 rings (SSSR count). The summed E-state index contributed by atoms with van der Waals surface area (Å²) in [6.45, 7) is 2.11. The van der Waals surface area contributed by atoms with Gasteiger partial charge in [-0.3, -0.25) is 0 Å². The van der Waals surface area contributed by atoms with Crippen molar-refractivity contribution < 1.29 is 0 Å². The molecule has 0 saturated heterocycles. The van der Waals surface area contributed by atoms with Crippen LogP contribution in [0.2, 0.25) is 0 Å². The largest absolute Gasteiger partial charge is 0.353 e. The minimum absolute atomic E-state index is 0.683. The summed E-state index contributed by atoms with van der Waals surface area (Å²) in [5, 5.41) is 3.77. The van der Waals surface area contributed by atoms with E-state index in [2.05, 4.69) is 109 Å². The molecular weight excluding hydrogens is 352 g/mol. The molecule has 2 heteroatoms. The molecule has 0 saturated carbocycles. The highest BCUT2D eigenvalue weighted by atomic mass is 15.2. The molecule has 1 N–H and O–H groups in total. The molecule has 0 bridgehead atoms. The number of hydrogen-bond acceptors (Lipinski definition) is 2. The lowest BCUT2D eigenvalue weighted by Crippen LogP contribution is -2.39. The second kappa shape index (κ2) is 7.06. The van der Waals surface area contributed by atoms with Crippen molar-refractivity contribution >= 4 is 11.4 Å². The van der Waals surface area contributed by atoms with Crippen molar-refractivity contribution in [3.8, 4) is 0 Å². The molecule has 0 aromatic heterocycles. The molecule has 1 aliphatic rings. The number of anilines is 1. The van der Waals surface area contributed by atoms with E-state index in [1.165, 1.54) is 5.56 Å². The van der Waals surface area contributed by atoms with Gasteiger partial charge < -0.3 is 5.32 Å². The van der Waals surface area contributed by atoms with E-state index in [0.29, 0.717) is 0 Å². The van der Waals surface area contributed by atoms with Gasteiger partial charge in [-0.1, -0.05) is 109 Å². The van der Waals surface area contributed by atoms with Gasteiger partial charge >= 0.3 is 0 Å². The second-order valence-electron chi connectivity index (χ2n) is 7.44. The summed E-state index contributed by atoms with van der Waals surface area (Å²) >= 11 is 0. The van der Waals surface area contributed by atoms with Crippen LogP contribution in [-0.4, -0.2) is 5.71 Å². The van der Waals surface area contributed by atoms with Crippen molar-refractivity contribution in [1.82, 2.24) is 0 Å². The first-order chi connectivity index (χ1) is 14.3. The van der Waals surface area contributed by atoms with E-state index in [-0.39, 0.29) is 0 Å². The summed E-state index contributed by atoms with van der Waals surface area (Å²) in [6, 6.07) is 38.0. The predicted molar refractivity (Wildman–Crippen MR) is 121 cm³/mol. The Bertz CT molecular complexity index is 1120. The Kier molecular flexibility index (Phi) is 4.25. The Labute approximate surface area is 171 Å². The van der Waals surface area contributed by atoms with Crippen molar-refractivity contribution in [3.63, 3.8) is 0 Å². The highest BCUT2D eigenvalue weighted by Gasteiger charge is 2.38. The first-order valence-corrected chi connectivity index (χ1v) is 9.92. The molecule has 1 aliphatic heterocycles. The molecule has 0 radical (unpaired) electrons. The molecule has 0 aliphatic carbocycles. The number of benzene rings is 4. The highest BCUT2D eigenvalue weighted by molar-refractivity contribution is 6.17. The fraction of sp³-hybridized carbons (Fsp3) is 0.0741. The van der Waals surface area contributed by atoms with Crippen LogP contribution in [0, 0.1) is 6.92 Å². The number of nitrogens with one attached hydrogen (secondary N) is 1. The quantitative estimate of drug-likeness (QED) is 0.456. The zero-order chi connectivity index (χ0) is 19.7. The molecule has 29 heavy (non-hydrogen) atoms. The van der Waals surface area contributed by atoms with Gasteiger partial charge in [-0.15, -0.1) is 0 Å². The van der Waals surface area contributed by atoms with Crippen molar-refractivity contribution in [2.24, 2.45) is 4.99 Å². The van der Waals surface area contributed by atoms with Crippen LogP contribution in [-0.2, 0) is 5.66 Å². The van der Waals surface area contributed by atoms with E-state index in [4.69, 9.17) is 4.99 Å². The Morgan fingerprint density at radius 3 is 1.79 bits per heavy atom. The van der Waals surface area contributed by atoms with Crippen molar-refractivity contribution in [3.05, 3.63) is 137 Å². The maximum absolute atomic E-state index is 5.40. The van der Waals surface area contributed by atoms with E-state index >= 15 is 0 Å².